The molecule has 4 nitrogen and oxygen atoms in total. The highest BCUT2D eigenvalue weighted by Gasteiger charge is 2.51. The quantitative estimate of drug-likeness (QED) is 0.866. The molecule has 4 aliphatic carbocycles. The Kier molecular flexibility index (Phi) is 4.29. The Balaban J connectivity index is 1.31. The molecule has 4 bridgehead atoms. The number of amides is 1. The van der Waals surface area contributed by atoms with Crippen molar-refractivity contribution in [2.24, 2.45) is 17.8 Å². The summed E-state index contributed by atoms with van der Waals surface area (Å²) >= 11 is 0. The van der Waals surface area contributed by atoms with Gasteiger partial charge in [0.25, 0.3) is 0 Å². The Bertz CT molecular complexity index is 653. The number of nitriles is 1. The molecule has 1 atom stereocenters. The SMILES string of the molecule is CC(NCC(=O)NC12CC3CC(CC(C3)C1)C2)c1ccc(C#N)cc1. The molecule has 0 aromatic heterocycles. The molecule has 1 aromatic rings. The first-order valence-corrected chi connectivity index (χ1v) is 9.60. The van der Waals surface area contributed by atoms with Gasteiger partial charge in [0.2, 0.25) is 5.91 Å². The molecule has 25 heavy (non-hydrogen) atoms. The summed E-state index contributed by atoms with van der Waals surface area (Å²) in [7, 11) is 0. The van der Waals surface area contributed by atoms with Crippen molar-refractivity contribution in [3.05, 3.63) is 35.4 Å². The fourth-order valence-corrected chi connectivity index (χ4v) is 5.81. The molecule has 0 spiro atoms. The summed E-state index contributed by atoms with van der Waals surface area (Å²) in [6.45, 7) is 2.41. The van der Waals surface area contributed by atoms with Crippen LogP contribution in [0.1, 0.15) is 62.6 Å². The van der Waals surface area contributed by atoms with E-state index >= 15 is 0 Å². The molecule has 0 heterocycles. The van der Waals surface area contributed by atoms with Crippen LogP contribution >= 0.6 is 0 Å². The van der Waals surface area contributed by atoms with Gasteiger partial charge in [0.15, 0.2) is 0 Å². The van der Waals surface area contributed by atoms with Crippen molar-refractivity contribution in [3.8, 4) is 6.07 Å². The lowest BCUT2D eigenvalue weighted by molar-refractivity contribution is -0.126. The minimum Gasteiger partial charge on any atom is -0.350 e. The lowest BCUT2D eigenvalue weighted by Crippen LogP contribution is -2.60. The van der Waals surface area contributed by atoms with E-state index in [1.807, 2.05) is 24.3 Å². The average molecular weight is 337 g/mol. The number of hydrogen-bond donors (Lipinski definition) is 2. The highest BCUT2D eigenvalue weighted by Crippen LogP contribution is 2.55. The largest absolute Gasteiger partial charge is 0.350 e. The second kappa shape index (κ2) is 6.46. The second-order valence-electron chi connectivity index (χ2n) is 8.58. The maximum atomic E-state index is 12.5. The van der Waals surface area contributed by atoms with Crippen molar-refractivity contribution >= 4 is 5.91 Å². The first-order chi connectivity index (χ1) is 12.0. The van der Waals surface area contributed by atoms with Crippen LogP contribution in [0.4, 0.5) is 0 Å². The third kappa shape index (κ3) is 3.43. The Morgan fingerprint density at radius 2 is 1.72 bits per heavy atom. The molecular weight excluding hydrogens is 310 g/mol. The fraction of sp³-hybridized carbons (Fsp3) is 0.619. The van der Waals surface area contributed by atoms with Gasteiger partial charge in [0, 0.05) is 11.6 Å². The van der Waals surface area contributed by atoms with Gasteiger partial charge in [0.05, 0.1) is 18.2 Å². The van der Waals surface area contributed by atoms with Crippen LogP contribution in [0.15, 0.2) is 24.3 Å². The summed E-state index contributed by atoms with van der Waals surface area (Å²) in [5, 5.41) is 15.6. The zero-order chi connectivity index (χ0) is 17.4. The maximum absolute atomic E-state index is 12.5. The number of nitrogens with one attached hydrogen (secondary N) is 2. The molecule has 1 unspecified atom stereocenters. The molecule has 1 aromatic carbocycles. The van der Waals surface area contributed by atoms with E-state index in [1.54, 1.807) is 0 Å². The van der Waals surface area contributed by atoms with E-state index in [9.17, 15) is 4.79 Å². The van der Waals surface area contributed by atoms with E-state index < -0.39 is 0 Å². The molecule has 4 heteroatoms. The van der Waals surface area contributed by atoms with Crippen molar-refractivity contribution < 1.29 is 4.79 Å². The van der Waals surface area contributed by atoms with Gasteiger partial charge >= 0.3 is 0 Å². The minimum absolute atomic E-state index is 0.0885. The Hall–Kier alpha value is -1.86. The third-order valence-electron chi connectivity index (χ3n) is 6.55. The number of rotatable bonds is 5. The van der Waals surface area contributed by atoms with Crippen molar-refractivity contribution in [2.75, 3.05) is 6.54 Å². The summed E-state index contributed by atoms with van der Waals surface area (Å²) in [6.07, 6.45) is 7.75. The van der Waals surface area contributed by atoms with Crippen LogP contribution in [0.5, 0.6) is 0 Å². The number of carbonyl (C=O) groups excluding carboxylic acids is 1. The van der Waals surface area contributed by atoms with Gasteiger partial charge in [-0.15, -0.1) is 0 Å². The smallest absolute Gasteiger partial charge is 0.234 e. The zero-order valence-corrected chi connectivity index (χ0v) is 14.9. The highest BCUT2D eigenvalue weighted by atomic mass is 16.2. The Morgan fingerprint density at radius 1 is 1.16 bits per heavy atom. The zero-order valence-electron chi connectivity index (χ0n) is 14.9. The molecule has 0 saturated heterocycles. The van der Waals surface area contributed by atoms with Gasteiger partial charge in [-0.25, -0.2) is 0 Å². The van der Waals surface area contributed by atoms with Gasteiger partial charge in [-0.1, -0.05) is 12.1 Å². The number of hydrogen-bond acceptors (Lipinski definition) is 3. The van der Waals surface area contributed by atoms with Crippen LogP contribution in [-0.2, 0) is 4.79 Å². The number of nitrogens with zero attached hydrogens (tertiary/aromatic N) is 1. The van der Waals surface area contributed by atoms with Gasteiger partial charge in [-0.2, -0.15) is 5.26 Å². The third-order valence-corrected chi connectivity index (χ3v) is 6.55. The first kappa shape index (κ1) is 16.6. The minimum atomic E-state index is 0.0885. The van der Waals surface area contributed by atoms with Crippen molar-refractivity contribution in [2.45, 2.75) is 57.0 Å². The van der Waals surface area contributed by atoms with E-state index in [0.717, 1.165) is 23.3 Å². The topological polar surface area (TPSA) is 64.9 Å². The van der Waals surface area contributed by atoms with E-state index in [2.05, 4.69) is 23.6 Å². The molecule has 2 N–H and O–H groups in total. The molecular formula is C21H27N3O. The molecule has 4 fully saturated rings. The predicted octanol–water partition coefficient (Wildman–Crippen LogP) is 3.29. The predicted molar refractivity (Wildman–Crippen MR) is 96.6 cm³/mol. The van der Waals surface area contributed by atoms with E-state index in [-0.39, 0.29) is 17.5 Å². The summed E-state index contributed by atoms with van der Waals surface area (Å²) < 4.78 is 0. The molecule has 0 aliphatic heterocycles. The first-order valence-electron chi connectivity index (χ1n) is 9.60. The molecule has 5 rings (SSSR count). The van der Waals surface area contributed by atoms with Crippen molar-refractivity contribution in [1.29, 1.82) is 5.26 Å². The van der Waals surface area contributed by atoms with Gasteiger partial charge in [-0.05, 0) is 80.9 Å². The monoisotopic (exact) mass is 337 g/mol. The van der Waals surface area contributed by atoms with E-state index in [1.165, 1.54) is 38.5 Å². The molecule has 0 radical (unpaired) electrons. The maximum Gasteiger partial charge on any atom is 0.234 e. The molecule has 4 saturated carbocycles. The molecule has 1 amide bonds. The van der Waals surface area contributed by atoms with Crippen LogP contribution in [0.3, 0.4) is 0 Å². The van der Waals surface area contributed by atoms with Crippen LogP contribution in [0.2, 0.25) is 0 Å². The second-order valence-corrected chi connectivity index (χ2v) is 8.58. The van der Waals surface area contributed by atoms with Gasteiger partial charge in [-0.3, -0.25) is 4.79 Å². The highest BCUT2D eigenvalue weighted by molar-refractivity contribution is 5.79. The number of benzene rings is 1. The number of carbonyl (C=O) groups is 1. The van der Waals surface area contributed by atoms with Crippen LogP contribution in [-0.4, -0.2) is 18.0 Å². The lowest BCUT2D eigenvalue weighted by atomic mass is 9.53. The average Bonchev–Trinajstić information content (AvgIpc) is 2.58. The van der Waals surface area contributed by atoms with E-state index in [0.29, 0.717) is 12.1 Å². The lowest BCUT2D eigenvalue weighted by Gasteiger charge is -2.56. The van der Waals surface area contributed by atoms with Gasteiger partial charge in [0.1, 0.15) is 0 Å². The van der Waals surface area contributed by atoms with Crippen LogP contribution in [0, 0.1) is 29.1 Å². The normalized spacial score (nSPS) is 33.7. The molecule has 132 valence electrons. The Labute approximate surface area is 150 Å². The van der Waals surface area contributed by atoms with E-state index in [4.69, 9.17) is 5.26 Å². The summed E-state index contributed by atoms with van der Waals surface area (Å²) in [6, 6.07) is 9.77. The Morgan fingerprint density at radius 3 is 2.24 bits per heavy atom. The van der Waals surface area contributed by atoms with Gasteiger partial charge < -0.3 is 10.6 Å². The molecule has 4 aliphatic rings. The summed E-state index contributed by atoms with van der Waals surface area (Å²) in [5.41, 5.74) is 1.85. The fourth-order valence-electron chi connectivity index (χ4n) is 5.81. The van der Waals surface area contributed by atoms with Crippen molar-refractivity contribution in [1.82, 2.24) is 10.6 Å². The standard InChI is InChI=1S/C21H27N3O/c1-14(19-4-2-15(12-22)3-5-19)23-13-20(25)24-21-9-16-6-17(10-21)8-18(7-16)11-21/h2-5,14,16-18,23H,6-11,13H2,1H3,(H,24,25). The van der Waals surface area contributed by atoms with Crippen LogP contribution in [0.25, 0.3) is 0 Å². The van der Waals surface area contributed by atoms with Crippen molar-refractivity contribution in [3.63, 3.8) is 0 Å². The van der Waals surface area contributed by atoms with Crippen LogP contribution < -0.4 is 10.6 Å². The summed E-state index contributed by atoms with van der Waals surface area (Å²) in [4.78, 5) is 12.5. The summed E-state index contributed by atoms with van der Waals surface area (Å²) in [5.74, 6) is 2.66.